The number of rotatable bonds is 3. The fraction of sp³-hybridized carbons (Fsp3) is 0.571. The van der Waals surface area contributed by atoms with Gasteiger partial charge in [0, 0.05) is 30.8 Å². The summed E-state index contributed by atoms with van der Waals surface area (Å²) in [5.74, 6) is -0.426. The van der Waals surface area contributed by atoms with Gasteiger partial charge in [0.25, 0.3) is 5.69 Å². The van der Waals surface area contributed by atoms with E-state index in [0.717, 1.165) is 32.0 Å². The van der Waals surface area contributed by atoms with Crippen LogP contribution in [0.3, 0.4) is 0 Å². The number of anilines is 1. The predicted octanol–water partition coefficient (Wildman–Crippen LogP) is 2.77. The van der Waals surface area contributed by atoms with Crippen LogP contribution < -0.4 is 5.32 Å². The maximum Gasteiger partial charge on any atom is 0.271 e. The van der Waals surface area contributed by atoms with Gasteiger partial charge in [-0.1, -0.05) is 6.42 Å². The predicted molar refractivity (Wildman–Crippen MR) is 74.3 cm³/mol. The quantitative estimate of drug-likeness (QED) is 0.682. The smallest absolute Gasteiger partial charge is 0.271 e. The standard InChI is InChI=1S/C14H18FN3O2/c15-11-5-4-10(18(19)20)9-13(11)16-12-6-8-17-7-2-1-3-14(12)17/h4-5,9,12,14,16H,1-3,6-8H2. The van der Waals surface area contributed by atoms with Crippen LogP contribution in [-0.2, 0) is 0 Å². The maximum absolute atomic E-state index is 13.8. The molecule has 0 bridgehead atoms. The highest BCUT2D eigenvalue weighted by atomic mass is 19.1. The Hall–Kier alpha value is -1.69. The van der Waals surface area contributed by atoms with E-state index in [-0.39, 0.29) is 17.4 Å². The zero-order valence-corrected chi connectivity index (χ0v) is 11.2. The molecule has 6 heteroatoms. The number of non-ortho nitro benzene ring substituents is 1. The first kappa shape index (κ1) is 13.3. The molecule has 0 amide bonds. The second-order valence-corrected chi connectivity index (χ2v) is 5.56. The van der Waals surface area contributed by atoms with Crippen molar-refractivity contribution >= 4 is 11.4 Å². The molecule has 2 aliphatic heterocycles. The number of piperidine rings is 1. The number of hydrogen-bond donors (Lipinski definition) is 1. The Bertz CT molecular complexity index is 523. The number of nitro benzene ring substituents is 1. The molecule has 2 atom stereocenters. The Morgan fingerprint density at radius 1 is 1.30 bits per heavy atom. The van der Waals surface area contributed by atoms with Gasteiger partial charge in [0.2, 0.25) is 0 Å². The van der Waals surface area contributed by atoms with Gasteiger partial charge in [0.05, 0.1) is 10.6 Å². The molecule has 0 aromatic heterocycles. The van der Waals surface area contributed by atoms with Crippen LogP contribution in [0.15, 0.2) is 18.2 Å². The Labute approximate surface area is 116 Å². The minimum absolute atomic E-state index is 0.0765. The first-order valence-electron chi connectivity index (χ1n) is 7.09. The second-order valence-electron chi connectivity index (χ2n) is 5.56. The molecule has 3 rings (SSSR count). The van der Waals surface area contributed by atoms with E-state index in [1.807, 2.05) is 0 Å². The van der Waals surface area contributed by atoms with Crippen molar-refractivity contribution in [1.29, 1.82) is 0 Å². The number of nitro groups is 1. The Kier molecular flexibility index (Phi) is 3.56. The normalized spacial score (nSPS) is 26.2. The molecule has 2 aliphatic rings. The third-order valence-electron chi connectivity index (χ3n) is 4.36. The summed E-state index contributed by atoms with van der Waals surface area (Å²) in [5.41, 5.74) is 0.170. The fourth-order valence-corrected chi connectivity index (χ4v) is 3.35. The molecule has 2 saturated heterocycles. The van der Waals surface area contributed by atoms with Gasteiger partial charge in [-0.05, 0) is 31.9 Å². The summed E-state index contributed by atoms with van der Waals surface area (Å²) in [5, 5.41) is 14.0. The molecule has 5 nitrogen and oxygen atoms in total. The highest BCUT2D eigenvalue weighted by molar-refractivity contribution is 5.53. The van der Waals surface area contributed by atoms with Crippen LogP contribution in [0, 0.1) is 15.9 Å². The average Bonchev–Trinajstić information content (AvgIpc) is 2.84. The summed E-state index contributed by atoms with van der Waals surface area (Å²) >= 11 is 0. The lowest BCUT2D eigenvalue weighted by atomic mass is 9.99. The topological polar surface area (TPSA) is 58.4 Å². The summed E-state index contributed by atoms with van der Waals surface area (Å²) < 4.78 is 13.8. The van der Waals surface area contributed by atoms with Crippen molar-refractivity contribution in [2.24, 2.45) is 0 Å². The van der Waals surface area contributed by atoms with Crippen LogP contribution in [0.1, 0.15) is 25.7 Å². The summed E-state index contributed by atoms with van der Waals surface area (Å²) in [6.45, 7) is 2.14. The van der Waals surface area contributed by atoms with E-state index in [0.29, 0.717) is 6.04 Å². The zero-order chi connectivity index (χ0) is 14.1. The number of nitrogens with one attached hydrogen (secondary N) is 1. The number of halogens is 1. The lowest BCUT2D eigenvalue weighted by molar-refractivity contribution is -0.384. The summed E-state index contributed by atoms with van der Waals surface area (Å²) in [4.78, 5) is 12.7. The van der Waals surface area contributed by atoms with Crippen LogP contribution >= 0.6 is 0 Å². The van der Waals surface area contributed by atoms with Gasteiger partial charge in [-0.25, -0.2) is 4.39 Å². The zero-order valence-electron chi connectivity index (χ0n) is 11.2. The molecule has 0 aliphatic carbocycles. The largest absolute Gasteiger partial charge is 0.378 e. The van der Waals surface area contributed by atoms with Gasteiger partial charge < -0.3 is 5.32 Å². The van der Waals surface area contributed by atoms with Gasteiger partial charge in [-0.15, -0.1) is 0 Å². The van der Waals surface area contributed by atoms with E-state index in [1.165, 1.54) is 25.0 Å². The first-order valence-corrected chi connectivity index (χ1v) is 7.09. The molecular weight excluding hydrogens is 261 g/mol. The Morgan fingerprint density at radius 3 is 2.95 bits per heavy atom. The number of hydrogen-bond acceptors (Lipinski definition) is 4. The minimum Gasteiger partial charge on any atom is -0.378 e. The third kappa shape index (κ3) is 2.47. The Balaban J connectivity index is 1.77. The molecule has 1 N–H and O–H groups in total. The van der Waals surface area contributed by atoms with Crippen molar-refractivity contribution < 1.29 is 9.31 Å². The molecule has 0 spiro atoms. The van der Waals surface area contributed by atoms with E-state index in [1.54, 1.807) is 0 Å². The van der Waals surface area contributed by atoms with Gasteiger partial charge >= 0.3 is 0 Å². The van der Waals surface area contributed by atoms with Crippen LogP contribution in [0.5, 0.6) is 0 Å². The van der Waals surface area contributed by atoms with Crippen LogP contribution in [0.4, 0.5) is 15.8 Å². The summed E-state index contributed by atoms with van der Waals surface area (Å²) in [6, 6.07) is 4.27. The van der Waals surface area contributed by atoms with Crippen molar-refractivity contribution in [1.82, 2.24) is 4.90 Å². The molecule has 108 valence electrons. The van der Waals surface area contributed by atoms with Crippen molar-refractivity contribution in [3.63, 3.8) is 0 Å². The average molecular weight is 279 g/mol. The van der Waals surface area contributed by atoms with Gasteiger partial charge in [-0.3, -0.25) is 15.0 Å². The molecule has 1 aromatic rings. The molecule has 2 fully saturated rings. The maximum atomic E-state index is 13.8. The van der Waals surface area contributed by atoms with Crippen molar-refractivity contribution in [2.75, 3.05) is 18.4 Å². The molecule has 2 unspecified atom stereocenters. The fourth-order valence-electron chi connectivity index (χ4n) is 3.35. The van der Waals surface area contributed by atoms with Crippen LogP contribution in [0.25, 0.3) is 0 Å². The second kappa shape index (κ2) is 5.36. The highest BCUT2D eigenvalue weighted by Crippen LogP contribution is 2.31. The van der Waals surface area contributed by atoms with Crippen LogP contribution in [-0.4, -0.2) is 35.0 Å². The van der Waals surface area contributed by atoms with E-state index >= 15 is 0 Å². The van der Waals surface area contributed by atoms with Gasteiger partial charge in [-0.2, -0.15) is 0 Å². The van der Waals surface area contributed by atoms with E-state index in [4.69, 9.17) is 0 Å². The molecule has 1 aromatic carbocycles. The lowest BCUT2D eigenvalue weighted by Crippen LogP contribution is -2.41. The van der Waals surface area contributed by atoms with E-state index in [9.17, 15) is 14.5 Å². The highest BCUT2D eigenvalue weighted by Gasteiger charge is 2.35. The lowest BCUT2D eigenvalue weighted by Gasteiger charge is -2.32. The first-order chi connectivity index (χ1) is 9.65. The molecular formula is C14H18FN3O2. The molecule has 0 saturated carbocycles. The molecule has 20 heavy (non-hydrogen) atoms. The van der Waals surface area contributed by atoms with Crippen LogP contribution in [0.2, 0.25) is 0 Å². The van der Waals surface area contributed by atoms with Crippen molar-refractivity contribution in [3.8, 4) is 0 Å². The number of nitrogens with zero attached hydrogens (tertiary/aromatic N) is 2. The minimum atomic E-state index is -0.494. The molecule has 0 radical (unpaired) electrons. The number of fused-ring (bicyclic) bond motifs is 1. The van der Waals surface area contributed by atoms with Gasteiger partial charge in [0.15, 0.2) is 0 Å². The third-order valence-corrected chi connectivity index (χ3v) is 4.36. The monoisotopic (exact) mass is 279 g/mol. The van der Waals surface area contributed by atoms with E-state index < -0.39 is 10.7 Å². The Morgan fingerprint density at radius 2 is 2.15 bits per heavy atom. The van der Waals surface area contributed by atoms with Crippen molar-refractivity contribution in [2.45, 2.75) is 37.8 Å². The summed E-state index contributed by atoms with van der Waals surface area (Å²) in [6.07, 6.45) is 4.52. The SMILES string of the molecule is O=[N+]([O-])c1ccc(F)c(NC2CCN3CCCCC23)c1. The van der Waals surface area contributed by atoms with E-state index in [2.05, 4.69) is 10.2 Å². The number of benzene rings is 1. The van der Waals surface area contributed by atoms with Gasteiger partial charge in [0.1, 0.15) is 5.82 Å². The van der Waals surface area contributed by atoms with Crippen molar-refractivity contribution in [3.05, 3.63) is 34.1 Å². The summed E-state index contributed by atoms with van der Waals surface area (Å²) in [7, 11) is 0. The molecule has 2 heterocycles.